The minimum absolute atomic E-state index is 0.136. The molecule has 8 heteroatoms. The molecule has 0 aliphatic carbocycles. The molecular weight excluding hydrogens is 356 g/mol. The summed E-state index contributed by atoms with van der Waals surface area (Å²) in [6.07, 6.45) is -0.544. The molecule has 1 aromatic carbocycles. The Kier molecular flexibility index (Phi) is 6.52. The average Bonchev–Trinajstić information content (AvgIpc) is 2.56. The predicted molar refractivity (Wildman–Crippen MR) is 97.6 cm³/mol. The van der Waals surface area contributed by atoms with Crippen LogP contribution in [0.25, 0.3) is 0 Å². The fourth-order valence-electron chi connectivity index (χ4n) is 2.37. The van der Waals surface area contributed by atoms with Crippen LogP contribution in [0.2, 0.25) is 0 Å². The van der Waals surface area contributed by atoms with Gasteiger partial charge in [-0.1, -0.05) is 30.0 Å². The van der Waals surface area contributed by atoms with E-state index in [1.54, 1.807) is 20.8 Å². The summed E-state index contributed by atoms with van der Waals surface area (Å²) in [4.78, 5) is 40.3. The van der Waals surface area contributed by atoms with Crippen molar-refractivity contribution in [2.75, 3.05) is 26.7 Å². The van der Waals surface area contributed by atoms with Crippen molar-refractivity contribution in [3.05, 3.63) is 30.3 Å². The highest BCUT2D eigenvalue weighted by atomic mass is 32.2. The number of hydrogen-bond acceptors (Lipinski definition) is 6. The molecule has 2 rings (SSSR count). The first-order valence-corrected chi connectivity index (χ1v) is 9.13. The lowest BCUT2D eigenvalue weighted by Crippen LogP contribution is -2.58. The SMILES string of the molecule is COC(=O)CN1CC(Sc2ccccc2)N(C(=O)OC(C)(C)C)CC1=O. The molecule has 1 aliphatic rings. The number of rotatable bonds is 4. The van der Waals surface area contributed by atoms with E-state index in [0.29, 0.717) is 0 Å². The predicted octanol–water partition coefficient (Wildman–Crippen LogP) is 2.36. The molecule has 1 saturated heterocycles. The fourth-order valence-corrected chi connectivity index (χ4v) is 3.54. The van der Waals surface area contributed by atoms with Gasteiger partial charge in [-0.05, 0) is 32.9 Å². The maximum Gasteiger partial charge on any atom is 0.411 e. The van der Waals surface area contributed by atoms with Gasteiger partial charge >= 0.3 is 12.1 Å². The molecule has 0 radical (unpaired) electrons. The van der Waals surface area contributed by atoms with Gasteiger partial charge in [0.2, 0.25) is 5.91 Å². The van der Waals surface area contributed by atoms with Crippen LogP contribution in [0.3, 0.4) is 0 Å². The number of esters is 1. The summed E-state index contributed by atoms with van der Waals surface area (Å²) in [7, 11) is 1.28. The number of amides is 2. The number of nitrogens with zero attached hydrogens (tertiary/aromatic N) is 2. The molecule has 0 spiro atoms. The molecule has 7 nitrogen and oxygen atoms in total. The zero-order chi connectivity index (χ0) is 19.3. The Morgan fingerprint density at radius 2 is 1.88 bits per heavy atom. The van der Waals surface area contributed by atoms with Crippen LogP contribution in [0.5, 0.6) is 0 Å². The van der Waals surface area contributed by atoms with Crippen molar-refractivity contribution in [3.63, 3.8) is 0 Å². The van der Waals surface area contributed by atoms with Crippen LogP contribution in [0.15, 0.2) is 35.2 Å². The van der Waals surface area contributed by atoms with Gasteiger partial charge in [-0.2, -0.15) is 0 Å². The first kappa shape index (κ1) is 20.1. The number of methoxy groups -OCH3 is 1. The Balaban J connectivity index is 2.19. The zero-order valence-corrected chi connectivity index (χ0v) is 16.2. The van der Waals surface area contributed by atoms with Gasteiger partial charge < -0.3 is 14.4 Å². The smallest absolute Gasteiger partial charge is 0.411 e. The second-order valence-corrected chi connectivity index (χ2v) is 8.10. The quantitative estimate of drug-likeness (QED) is 0.747. The summed E-state index contributed by atoms with van der Waals surface area (Å²) >= 11 is 1.45. The van der Waals surface area contributed by atoms with Gasteiger partial charge in [-0.3, -0.25) is 14.5 Å². The molecule has 1 heterocycles. The van der Waals surface area contributed by atoms with Gasteiger partial charge in [-0.15, -0.1) is 0 Å². The van der Waals surface area contributed by atoms with E-state index in [4.69, 9.17) is 4.74 Å². The van der Waals surface area contributed by atoms with Crippen LogP contribution in [0, 0.1) is 0 Å². The van der Waals surface area contributed by atoms with Crippen molar-refractivity contribution >= 4 is 29.7 Å². The maximum atomic E-state index is 12.6. The number of hydrogen-bond donors (Lipinski definition) is 0. The molecule has 0 bridgehead atoms. The minimum Gasteiger partial charge on any atom is -0.468 e. The van der Waals surface area contributed by atoms with Crippen molar-refractivity contribution in [2.24, 2.45) is 0 Å². The molecule has 1 aliphatic heterocycles. The Bertz CT molecular complexity index is 659. The lowest BCUT2D eigenvalue weighted by molar-refractivity contribution is -0.149. The van der Waals surface area contributed by atoms with E-state index in [0.717, 1.165) is 4.90 Å². The highest BCUT2D eigenvalue weighted by Crippen LogP contribution is 2.30. The van der Waals surface area contributed by atoms with Crippen LogP contribution >= 0.6 is 11.8 Å². The van der Waals surface area contributed by atoms with E-state index in [1.165, 1.54) is 28.7 Å². The van der Waals surface area contributed by atoms with Gasteiger partial charge in [0, 0.05) is 4.90 Å². The molecular formula is C18H24N2O5S. The number of thioether (sulfide) groups is 1. The van der Waals surface area contributed by atoms with Crippen LogP contribution in [0.1, 0.15) is 20.8 Å². The molecule has 0 aromatic heterocycles. The summed E-state index contributed by atoms with van der Waals surface area (Å²) in [5.74, 6) is -0.807. The molecule has 26 heavy (non-hydrogen) atoms. The highest BCUT2D eigenvalue weighted by molar-refractivity contribution is 8.00. The third kappa shape index (κ3) is 5.66. The summed E-state index contributed by atoms with van der Waals surface area (Å²) in [6.45, 7) is 5.27. The second kappa shape index (κ2) is 8.44. The van der Waals surface area contributed by atoms with E-state index in [2.05, 4.69) is 4.74 Å². The first-order chi connectivity index (χ1) is 12.2. The summed E-state index contributed by atoms with van der Waals surface area (Å²) < 4.78 is 10.1. The van der Waals surface area contributed by atoms with Gasteiger partial charge in [0.1, 0.15) is 24.1 Å². The largest absolute Gasteiger partial charge is 0.468 e. The van der Waals surface area contributed by atoms with Crippen LogP contribution in [-0.4, -0.2) is 65.5 Å². The molecule has 2 amide bonds. The molecule has 0 saturated carbocycles. The average molecular weight is 380 g/mol. The van der Waals surface area contributed by atoms with Gasteiger partial charge in [0.05, 0.1) is 13.7 Å². The summed E-state index contributed by atoms with van der Waals surface area (Å²) in [5, 5.41) is -0.366. The maximum absolute atomic E-state index is 12.6. The topological polar surface area (TPSA) is 76.2 Å². The van der Waals surface area contributed by atoms with Crippen molar-refractivity contribution in [1.29, 1.82) is 0 Å². The first-order valence-electron chi connectivity index (χ1n) is 8.25. The Labute approximate surface area is 157 Å². The van der Waals surface area contributed by atoms with Crippen LogP contribution in [-0.2, 0) is 19.1 Å². The third-order valence-corrected chi connectivity index (χ3v) is 4.79. The fraction of sp³-hybridized carbons (Fsp3) is 0.500. The molecule has 1 atom stereocenters. The molecule has 142 valence electrons. The van der Waals surface area contributed by atoms with E-state index in [1.807, 2.05) is 30.3 Å². The van der Waals surface area contributed by atoms with Gasteiger partial charge in [-0.25, -0.2) is 4.79 Å². The van der Waals surface area contributed by atoms with Crippen molar-refractivity contribution in [3.8, 4) is 0 Å². The normalized spacial score (nSPS) is 17.8. The van der Waals surface area contributed by atoms with Crippen LogP contribution < -0.4 is 0 Å². The van der Waals surface area contributed by atoms with Gasteiger partial charge in [0.15, 0.2) is 0 Å². The number of benzene rings is 1. The number of carbonyl (C=O) groups is 3. The van der Waals surface area contributed by atoms with Crippen molar-refractivity contribution in [1.82, 2.24) is 9.80 Å². The molecule has 1 aromatic rings. The number of piperazine rings is 1. The third-order valence-electron chi connectivity index (χ3n) is 3.57. The van der Waals surface area contributed by atoms with E-state index >= 15 is 0 Å². The standard InChI is InChI=1S/C18H24N2O5S/c1-18(2,3)25-17(23)20-10-14(21)19(12-16(22)24-4)11-15(20)26-13-8-6-5-7-9-13/h5-9,15H,10-12H2,1-4H3. The highest BCUT2D eigenvalue weighted by Gasteiger charge is 2.38. The monoisotopic (exact) mass is 380 g/mol. The summed E-state index contributed by atoms with van der Waals surface area (Å²) in [5.41, 5.74) is -0.661. The van der Waals surface area contributed by atoms with E-state index < -0.39 is 17.7 Å². The summed E-state index contributed by atoms with van der Waals surface area (Å²) in [6, 6.07) is 9.57. The lowest BCUT2D eigenvalue weighted by Gasteiger charge is -2.40. The minimum atomic E-state index is -0.661. The second-order valence-electron chi connectivity index (χ2n) is 6.84. The Morgan fingerprint density at radius 1 is 1.23 bits per heavy atom. The molecule has 1 fully saturated rings. The van der Waals surface area contributed by atoms with E-state index in [9.17, 15) is 14.4 Å². The van der Waals surface area contributed by atoms with Crippen LogP contribution in [0.4, 0.5) is 4.79 Å². The number of carbonyl (C=O) groups excluding carboxylic acids is 3. The Morgan fingerprint density at radius 3 is 2.46 bits per heavy atom. The van der Waals surface area contributed by atoms with E-state index in [-0.39, 0.29) is 30.9 Å². The number of ether oxygens (including phenoxy) is 2. The Hall–Kier alpha value is -2.22. The van der Waals surface area contributed by atoms with Crippen molar-refractivity contribution in [2.45, 2.75) is 36.6 Å². The van der Waals surface area contributed by atoms with Crippen molar-refractivity contribution < 1.29 is 23.9 Å². The van der Waals surface area contributed by atoms with Gasteiger partial charge in [0.25, 0.3) is 0 Å². The zero-order valence-electron chi connectivity index (χ0n) is 15.4. The molecule has 0 N–H and O–H groups in total. The lowest BCUT2D eigenvalue weighted by atomic mass is 10.2. The molecule has 1 unspecified atom stereocenters.